The number of hydrogen-bond acceptors (Lipinski definition) is 2. The Balaban J connectivity index is 2.02. The number of rotatable bonds is 4. The molecule has 2 rings (SSSR count). The van der Waals surface area contributed by atoms with Crippen LogP contribution in [0.1, 0.15) is 21.6 Å². The van der Waals surface area contributed by atoms with Crippen molar-refractivity contribution in [2.45, 2.75) is 24.5 Å². The van der Waals surface area contributed by atoms with Crippen LogP contribution in [0.25, 0.3) is 0 Å². The van der Waals surface area contributed by atoms with Crippen LogP contribution in [0, 0.1) is 6.92 Å². The van der Waals surface area contributed by atoms with Gasteiger partial charge in [-0.3, -0.25) is 4.98 Å². The molecule has 2 aromatic rings. The largest absolute Gasteiger partial charge is 0.573 e. The molecule has 1 heterocycles. The molecular formula is C15H13BrF3NO. The molecule has 0 aliphatic heterocycles. The van der Waals surface area contributed by atoms with E-state index in [9.17, 15) is 13.2 Å². The summed E-state index contributed by atoms with van der Waals surface area (Å²) in [6, 6.07) is 9.73. The molecule has 0 amide bonds. The molecule has 0 saturated carbocycles. The van der Waals surface area contributed by atoms with E-state index in [0.29, 0.717) is 6.42 Å². The average molecular weight is 360 g/mol. The summed E-state index contributed by atoms with van der Waals surface area (Å²) in [6.45, 7) is 1.96. The van der Waals surface area contributed by atoms with Gasteiger partial charge in [-0.05, 0) is 36.2 Å². The highest BCUT2D eigenvalue weighted by Gasteiger charge is 2.31. The third-order valence-corrected chi connectivity index (χ3v) is 3.69. The highest BCUT2D eigenvalue weighted by atomic mass is 79.9. The van der Waals surface area contributed by atoms with Crippen molar-refractivity contribution in [2.24, 2.45) is 0 Å². The predicted molar refractivity (Wildman–Crippen MR) is 77.5 cm³/mol. The van der Waals surface area contributed by atoms with Gasteiger partial charge in [0.05, 0.1) is 0 Å². The van der Waals surface area contributed by atoms with Gasteiger partial charge in [0.2, 0.25) is 0 Å². The van der Waals surface area contributed by atoms with Crippen LogP contribution in [-0.4, -0.2) is 11.3 Å². The number of aryl methyl sites for hydroxylation is 1. The van der Waals surface area contributed by atoms with E-state index in [1.807, 2.05) is 19.1 Å². The summed E-state index contributed by atoms with van der Waals surface area (Å²) < 4.78 is 40.1. The molecule has 6 heteroatoms. The number of benzene rings is 1. The van der Waals surface area contributed by atoms with Gasteiger partial charge < -0.3 is 4.74 Å². The van der Waals surface area contributed by atoms with Gasteiger partial charge in [0.1, 0.15) is 5.75 Å². The zero-order valence-electron chi connectivity index (χ0n) is 11.2. The van der Waals surface area contributed by atoms with Crippen LogP contribution in [0.5, 0.6) is 5.75 Å². The number of aromatic nitrogens is 1. The van der Waals surface area contributed by atoms with Crippen LogP contribution in [0.2, 0.25) is 0 Å². The summed E-state index contributed by atoms with van der Waals surface area (Å²) in [5.41, 5.74) is 2.86. The van der Waals surface area contributed by atoms with Crippen molar-refractivity contribution in [1.29, 1.82) is 0 Å². The summed E-state index contributed by atoms with van der Waals surface area (Å²) in [5.74, 6) is -0.223. The predicted octanol–water partition coefficient (Wildman–Crippen LogP) is 4.97. The Hall–Kier alpha value is -1.56. The molecule has 1 atom stereocenters. The molecule has 0 aliphatic carbocycles. The molecule has 0 radical (unpaired) electrons. The first kappa shape index (κ1) is 15.8. The number of ether oxygens (including phenoxy) is 1. The molecule has 0 saturated heterocycles. The number of hydrogen-bond donors (Lipinski definition) is 0. The van der Waals surface area contributed by atoms with Crippen molar-refractivity contribution in [2.75, 3.05) is 0 Å². The maximum absolute atomic E-state index is 12.1. The Morgan fingerprint density at radius 3 is 2.33 bits per heavy atom. The molecule has 0 aliphatic rings. The average Bonchev–Trinajstić information content (AvgIpc) is 2.40. The molecule has 112 valence electrons. The van der Waals surface area contributed by atoms with Gasteiger partial charge in [-0.25, -0.2) is 0 Å². The third kappa shape index (κ3) is 5.04. The van der Waals surface area contributed by atoms with Crippen molar-refractivity contribution in [3.8, 4) is 5.75 Å². The lowest BCUT2D eigenvalue weighted by atomic mass is 10.1. The van der Waals surface area contributed by atoms with Crippen molar-refractivity contribution in [3.63, 3.8) is 0 Å². The second-order valence-electron chi connectivity index (χ2n) is 4.62. The van der Waals surface area contributed by atoms with E-state index in [1.54, 1.807) is 18.3 Å². The Bertz CT molecular complexity index is 581. The Morgan fingerprint density at radius 1 is 1.14 bits per heavy atom. The number of nitrogens with zero attached hydrogens (tertiary/aromatic N) is 1. The molecule has 2 nitrogen and oxygen atoms in total. The molecule has 1 unspecified atom stereocenters. The minimum atomic E-state index is -4.67. The molecule has 21 heavy (non-hydrogen) atoms. The summed E-state index contributed by atoms with van der Waals surface area (Å²) in [5, 5.41) is 0. The Kier molecular flexibility index (Phi) is 4.88. The summed E-state index contributed by atoms with van der Waals surface area (Å²) >= 11 is 3.52. The van der Waals surface area contributed by atoms with E-state index in [0.717, 1.165) is 16.8 Å². The van der Waals surface area contributed by atoms with E-state index >= 15 is 0 Å². The summed E-state index contributed by atoms with van der Waals surface area (Å²) in [6.07, 6.45) is -2.23. The van der Waals surface area contributed by atoms with E-state index in [2.05, 4.69) is 25.7 Å². The minimum Gasteiger partial charge on any atom is -0.406 e. The van der Waals surface area contributed by atoms with Gasteiger partial charge in [-0.1, -0.05) is 34.1 Å². The first-order valence-electron chi connectivity index (χ1n) is 6.25. The van der Waals surface area contributed by atoms with Crippen LogP contribution >= 0.6 is 15.9 Å². The van der Waals surface area contributed by atoms with Crippen molar-refractivity contribution in [1.82, 2.24) is 4.98 Å². The highest BCUT2D eigenvalue weighted by molar-refractivity contribution is 9.09. The first-order chi connectivity index (χ1) is 9.83. The zero-order chi connectivity index (χ0) is 15.5. The normalized spacial score (nSPS) is 13.0. The van der Waals surface area contributed by atoms with Crippen LogP contribution in [0.4, 0.5) is 13.2 Å². The number of pyridine rings is 1. The van der Waals surface area contributed by atoms with Crippen molar-refractivity contribution in [3.05, 3.63) is 59.4 Å². The summed E-state index contributed by atoms with van der Waals surface area (Å²) in [7, 11) is 0. The van der Waals surface area contributed by atoms with Crippen LogP contribution < -0.4 is 4.74 Å². The van der Waals surface area contributed by atoms with E-state index < -0.39 is 6.36 Å². The lowest BCUT2D eigenvalue weighted by Crippen LogP contribution is -2.17. The smallest absolute Gasteiger partial charge is 0.406 e. The van der Waals surface area contributed by atoms with E-state index in [4.69, 9.17) is 0 Å². The lowest BCUT2D eigenvalue weighted by molar-refractivity contribution is -0.274. The van der Waals surface area contributed by atoms with Crippen LogP contribution in [-0.2, 0) is 6.42 Å². The maximum atomic E-state index is 12.1. The van der Waals surface area contributed by atoms with Crippen molar-refractivity contribution < 1.29 is 17.9 Å². The Morgan fingerprint density at radius 2 is 1.81 bits per heavy atom. The molecule has 0 bridgehead atoms. The standard InChI is InChI=1S/C15H13BrF3NO/c1-10-2-5-12(20-9-10)8-14(16)11-3-6-13(7-4-11)21-15(17,18)19/h2-7,9,14H,8H2,1H3. The van der Waals surface area contributed by atoms with Gasteiger partial charge in [0.25, 0.3) is 0 Å². The van der Waals surface area contributed by atoms with Gasteiger partial charge >= 0.3 is 6.36 Å². The van der Waals surface area contributed by atoms with Gasteiger partial charge in [0, 0.05) is 23.1 Å². The molecule has 1 aromatic carbocycles. The fourth-order valence-electron chi connectivity index (χ4n) is 1.80. The van der Waals surface area contributed by atoms with Gasteiger partial charge in [-0.2, -0.15) is 0 Å². The Labute approximate surface area is 129 Å². The second kappa shape index (κ2) is 6.47. The van der Waals surface area contributed by atoms with Crippen LogP contribution in [0.3, 0.4) is 0 Å². The fraction of sp³-hybridized carbons (Fsp3) is 0.267. The van der Waals surface area contributed by atoms with Gasteiger partial charge in [0.15, 0.2) is 0 Å². The van der Waals surface area contributed by atoms with Crippen molar-refractivity contribution >= 4 is 15.9 Å². The fourth-order valence-corrected chi connectivity index (χ4v) is 2.44. The van der Waals surface area contributed by atoms with Gasteiger partial charge in [-0.15, -0.1) is 13.2 Å². The number of alkyl halides is 4. The summed E-state index contributed by atoms with van der Waals surface area (Å²) in [4.78, 5) is 4.29. The second-order valence-corrected chi connectivity index (χ2v) is 5.72. The molecule has 1 aromatic heterocycles. The zero-order valence-corrected chi connectivity index (χ0v) is 12.8. The van der Waals surface area contributed by atoms with E-state index in [-0.39, 0.29) is 10.6 Å². The quantitative estimate of drug-likeness (QED) is 0.719. The van der Waals surface area contributed by atoms with Crippen LogP contribution in [0.15, 0.2) is 42.6 Å². The van der Waals surface area contributed by atoms with E-state index in [1.165, 1.54) is 12.1 Å². The lowest BCUT2D eigenvalue weighted by Gasteiger charge is -2.12. The first-order valence-corrected chi connectivity index (χ1v) is 7.16. The molecule has 0 N–H and O–H groups in total. The topological polar surface area (TPSA) is 22.1 Å². The minimum absolute atomic E-state index is 0.0207. The SMILES string of the molecule is Cc1ccc(CC(Br)c2ccc(OC(F)(F)F)cc2)nc1. The molecule has 0 spiro atoms. The monoisotopic (exact) mass is 359 g/mol. The molecule has 0 fully saturated rings. The maximum Gasteiger partial charge on any atom is 0.573 e. The number of halogens is 4. The highest BCUT2D eigenvalue weighted by Crippen LogP contribution is 2.29. The molecular weight excluding hydrogens is 347 g/mol. The third-order valence-electron chi connectivity index (χ3n) is 2.84.